The number of aryl methyl sites for hydroxylation is 2. The molecule has 0 saturated carbocycles. The molecule has 0 aliphatic heterocycles. The lowest BCUT2D eigenvalue weighted by Gasteiger charge is -2.08. The van der Waals surface area contributed by atoms with Crippen molar-refractivity contribution >= 4 is 40.2 Å². The van der Waals surface area contributed by atoms with Crippen LogP contribution in [0, 0.1) is 19.7 Å². The van der Waals surface area contributed by atoms with Crippen LogP contribution < -0.4 is 0 Å². The van der Waals surface area contributed by atoms with Crippen LogP contribution in [0.2, 0.25) is 0 Å². The number of fused-ring (bicyclic) bond motifs is 1. The summed E-state index contributed by atoms with van der Waals surface area (Å²) in [4.78, 5) is 21.4. The highest BCUT2D eigenvalue weighted by Gasteiger charge is 2.34. The van der Waals surface area contributed by atoms with Gasteiger partial charge >= 0.3 is 12.1 Å². The lowest BCUT2D eigenvalue weighted by Crippen LogP contribution is -2.07. The summed E-state index contributed by atoms with van der Waals surface area (Å²) < 4.78 is 58.0. The number of alkyl halides is 3. The van der Waals surface area contributed by atoms with Gasteiger partial charge in [0.2, 0.25) is 5.89 Å². The Hall–Kier alpha value is -2.92. The smallest absolute Gasteiger partial charge is 0.419 e. The molecule has 0 aliphatic carbocycles. The second kappa shape index (κ2) is 8.79. The largest absolute Gasteiger partial charge is 0.481 e. The lowest BCUT2D eigenvalue weighted by molar-refractivity contribution is -0.140. The molecule has 0 radical (unpaired) electrons. The molecule has 2 heterocycles. The van der Waals surface area contributed by atoms with Crippen molar-refractivity contribution in [2.45, 2.75) is 37.1 Å². The van der Waals surface area contributed by atoms with E-state index in [0.717, 1.165) is 27.5 Å². The van der Waals surface area contributed by atoms with Gasteiger partial charge in [0.15, 0.2) is 5.58 Å². The standard InChI is InChI=1S/C22H16F4N2O3S2/c1-10-3-6-15-19(28-17(31-15)8-18(29)30)20(10)32-9-16-11(2)27-21(33-16)12-4-5-13(14(23)7-12)22(24,25)26/h3-7H,8-9H2,1-2H3,(H,29,30). The van der Waals surface area contributed by atoms with Gasteiger partial charge in [-0.3, -0.25) is 4.79 Å². The molecule has 4 aromatic rings. The summed E-state index contributed by atoms with van der Waals surface area (Å²) in [5.41, 5.74) is 1.66. The number of aliphatic carboxylic acids is 1. The quantitative estimate of drug-likeness (QED) is 0.238. The normalized spacial score (nSPS) is 11.9. The maximum Gasteiger partial charge on any atom is 0.419 e. The maximum absolute atomic E-state index is 14.0. The number of rotatable bonds is 6. The highest BCUT2D eigenvalue weighted by atomic mass is 32.2. The van der Waals surface area contributed by atoms with E-state index in [-0.39, 0.29) is 17.9 Å². The highest BCUT2D eigenvalue weighted by molar-refractivity contribution is 7.99. The number of carboxylic acid groups (broad SMARTS) is 1. The van der Waals surface area contributed by atoms with Gasteiger partial charge in [0.1, 0.15) is 22.8 Å². The monoisotopic (exact) mass is 496 g/mol. The number of carboxylic acids is 1. The van der Waals surface area contributed by atoms with Crippen molar-refractivity contribution in [1.82, 2.24) is 9.97 Å². The molecule has 2 aromatic carbocycles. The number of hydrogen-bond donors (Lipinski definition) is 1. The third-order valence-electron chi connectivity index (χ3n) is 4.82. The minimum atomic E-state index is -4.76. The van der Waals surface area contributed by atoms with Crippen LogP contribution in [0.25, 0.3) is 21.7 Å². The Bertz CT molecular complexity index is 1360. The Labute approximate surface area is 193 Å². The van der Waals surface area contributed by atoms with Crippen molar-refractivity contribution in [2.24, 2.45) is 0 Å². The van der Waals surface area contributed by atoms with Crippen molar-refractivity contribution in [1.29, 1.82) is 0 Å². The molecule has 0 unspecified atom stereocenters. The first-order valence-electron chi connectivity index (χ1n) is 9.60. The van der Waals surface area contributed by atoms with Gasteiger partial charge in [-0.15, -0.1) is 23.1 Å². The molecule has 1 N–H and O–H groups in total. The molecule has 4 rings (SSSR count). The molecule has 2 aromatic heterocycles. The van der Waals surface area contributed by atoms with Gasteiger partial charge in [-0.2, -0.15) is 13.2 Å². The van der Waals surface area contributed by atoms with Crippen LogP contribution in [-0.4, -0.2) is 21.0 Å². The number of oxazole rings is 1. The van der Waals surface area contributed by atoms with Gasteiger partial charge in [-0.25, -0.2) is 14.4 Å². The molecule has 0 spiro atoms. The van der Waals surface area contributed by atoms with Gasteiger partial charge in [-0.05, 0) is 37.6 Å². The van der Waals surface area contributed by atoms with E-state index in [2.05, 4.69) is 9.97 Å². The zero-order chi connectivity index (χ0) is 23.9. The average molecular weight is 497 g/mol. The van der Waals surface area contributed by atoms with Crippen LogP contribution in [0.15, 0.2) is 39.6 Å². The average Bonchev–Trinajstić information content (AvgIpc) is 3.28. The molecule has 0 fully saturated rings. The molecule has 0 bridgehead atoms. The summed E-state index contributed by atoms with van der Waals surface area (Å²) in [6.07, 6.45) is -5.08. The molecule has 0 atom stereocenters. The zero-order valence-electron chi connectivity index (χ0n) is 17.3. The number of benzene rings is 2. The number of thioether (sulfide) groups is 1. The van der Waals surface area contributed by atoms with E-state index in [4.69, 9.17) is 9.52 Å². The molecule has 33 heavy (non-hydrogen) atoms. The second-order valence-electron chi connectivity index (χ2n) is 7.25. The maximum atomic E-state index is 14.0. The number of halogens is 4. The third-order valence-corrected chi connectivity index (χ3v) is 7.45. The molecule has 172 valence electrons. The van der Waals surface area contributed by atoms with Gasteiger partial charge in [0.05, 0.1) is 11.3 Å². The minimum Gasteiger partial charge on any atom is -0.481 e. The lowest BCUT2D eigenvalue weighted by atomic mass is 10.1. The highest BCUT2D eigenvalue weighted by Crippen LogP contribution is 2.38. The zero-order valence-corrected chi connectivity index (χ0v) is 18.9. The summed E-state index contributed by atoms with van der Waals surface area (Å²) in [5.74, 6) is -1.77. The Balaban J connectivity index is 1.59. The van der Waals surface area contributed by atoms with E-state index in [1.54, 1.807) is 13.0 Å². The molecular weight excluding hydrogens is 480 g/mol. The van der Waals surface area contributed by atoms with Crippen molar-refractivity contribution in [3.8, 4) is 10.6 Å². The fourth-order valence-corrected chi connectivity index (χ4v) is 5.53. The fraction of sp³-hybridized carbons (Fsp3) is 0.227. The number of thiazole rings is 1. The Morgan fingerprint density at radius 2 is 1.94 bits per heavy atom. The van der Waals surface area contributed by atoms with Crippen LogP contribution in [-0.2, 0) is 23.1 Å². The van der Waals surface area contributed by atoms with Gasteiger partial charge in [-0.1, -0.05) is 12.1 Å². The van der Waals surface area contributed by atoms with Crippen molar-refractivity contribution in [2.75, 3.05) is 0 Å². The van der Waals surface area contributed by atoms with Gasteiger partial charge < -0.3 is 9.52 Å². The first-order valence-corrected chi connectivity index (χ1v) is 11.4. The number of carbonyl (C=O) groups is 1. The van der Waals surface area contributed by atoms with E-state index >= 15 is 0 Å². The van der Waals surface area contributed by atoms with E-state index in [0.29, 0.717) is 27.6 Å². The Morgan fingerprint density at radius 1 is 1.18 bits per heavy atom. The Morgan fingerprint density at radius 3 is 2.61 bits per heavy atom. The number of nitrogens with zero attached hydrogens (tertiary/aromatic N) is 2. The van der Waals surface area contributed by atoms with Crippen molar-refractivity contribution in [3.63, 3.8) is 0 Å². The molecule has 0 saturated heterocycles. The van der Waals surface area contributed by atoms with Crippen LogP contribution in [0.4, 0.5) is 17.6 Å². The second-order valence-corrected chi connectivity index (χ2v) is 9.31. The van der Waals surface area contributed by atoms with E-state index in [9.17, 15) is 22.4 Å². The van der Waals surface area contributed by atoms with E-state index in [1.807, 2.05) is 13.0 Å². The first-order chi connectivity index (χ1) is 15.5. The van der Waals surface area contributed by atoms with Crippen molar-refractivity contribution < 1.29 is 31.9 Å². The molecular formula is C22H16F4N2O3S2. The molecule has 0 amide bonds. The molecule has 0 aliphatic rings. The summed E-state index contributed by atoms with van der Waals surface area (Å²) in [6, 6.07) is 6.38. The van der Waals surface area contributed by atoms with Crippen LogP contribution in [0.3, 0.4) is 0 Å². The summed E-state index contributed by atoms with van der Waals surface area (Å²) >= 11 is 2.75. The van der Waals surface area contributed by atoms with Crippen LogP contribution in [0.5, 0.6) is 0 Å². The third kappa shape index (κ3) is 4.88. The Kier molecular flexibility index (Phi) is 6.19. The van der Waals surface area contributed by atoms with E-state index < -0.39 is 23.5 Å². The predicted molar refractivity (Wildman–Crippen MR) is 117 cm³/mol. The van der Waals surface area contributed by atoms with Gasteiger partial charge in [0.25, 0.3) is 0 Å². The van der Waals surface area contributed by atoms with Crippen molar-refractivity contribution in [3.05, 3.63) is 63.7 Å². The van der Waals surface area contributed by atoms with Gasteiger partial charge in [0, 0.05) is 21.1 Å². The summed E-state index contributed by atoms with van der Waals surface area (Å²) in [7, 11) is 0. The van der Waals surface area contributed by atoms with Crippen LogP contribution in [0.1, 0.15) is 27.6 Å². The predicted octanol–water partition coefficient (Wildman–Crippen LogP) is 6.65. The van der Waals surface area contributed by atoms with E-state index in [1.165, 1.54) is 29.2 Å². The minimum absolute atomic E-state index is 0.116. The summed E-state index contributed by atoms with van der Waals surface area (Å²) in [5, 5.41) is 9.40. The molecule has 5 nitrogen and oxygen atoms in total. The summed E-state index contributed by atoms with van der Waals surface area (Å²) in [6.45, 7) is 3.69. The van der Waals surface area contributed by atoms with Crippen LogP contribution >= 0.6 is 23.1 Å². The SMILES string of the molecule is Cc1ccc2oc(CC(=O)O)nc2c1SCc1sc(-c2ccc(C(F)(F)F)c(F)c2)nc1C. The first kappa shape index (κ1) is 23.2. The number of aromatic nitrogens is 2. The fourth-order valence-electron chi connectivity index (χ4n) is 3.20. The molecule has 11 heteroatoms. The topological polar surface area (TPSA) is 76.2 Å². The number of hydrogen-bond acceptors (Lipinski definition) is 6.